The minimum Gasteiger partial charge on any atom is -0.456 e. The SMILES string of the molecule is c1ccc(-c2ccc(N(c3cc(N(c4ccc(-c5ccccc5)cc4)c4cccc5ccccc45)cc(N(c4ccc(-c5ccccc5)cc4)c4cccc5ccccc45)c3)c3ccc4oc5ccccc5c4c3)cc2)cc1. The number of para-hydroxylation sites is 1. The van der Waals surface area contributed by atoms with Crippen LogP contribution in [0, 0.1) is 0 Å². The molecule has 0 N–H and O–H groups in total. The predicted octanol–water partition coefficient (Wildman–Crippen LogP) is 21.3. The maximum Gasteiger partial charge on any atom is 0.135 e. The van der Waals surface area contributed by atoms with Gasteiger partial charge in [-0.15, -0.1) is 0 Å². The van der Waals surface area contributed by atoms with Crippen molar-refractivity contribution < 1.29 is 4.42 Å². The van der Waals surface area contributed by atoms with Crippen LogP contribution < -0.4 is 14.7 Å². The van der Waals surface area contributed by atoms with Crippen LogP contribution in [0.25, 0.3) is 76.9 Å². The molecule has 0 saturated carbocycles. The number of anilines is 9. The van der Waals surface area contributed by atoms with Gasteiger partial charge in [-0.05, 0) is 135 Å². The van der Waals surface area contributed by atoms with Gasteiger partial charge in [-0.2, -0.15) is 0 Å². The number of hydrogen-bond donors (Lipinski definition) is 0. The molecule has 0 spiro atoms. The van der Waals surface area contributed by atoms with E-state index in [4.69, 9.17) is 4.42 Å². The fraction of sp³-hybridized carbons (Fsp3) is 0. The summed E-state index contributed by atoms with van der Waals surface area (Å²) in [5, 5.41) is 6.74. The van der Waals surface area contributed by atoms with Crippen LogP contribution in [0.3, 0.4) is 0 Å². The van der Waals surface area contributed by atoms with Crippen molar-refractivity contribution in [2.45, 2.75) is 0 Å². The highest BCUT2D eigenvalue weighted by molar-refractivity contribution is 6.07. The topological polar surface area (TPSA) is 22.9 Å². The van der Waals surface area contributed by atoms with Crippen LogP contribution in [0.2, 0.25) is 0 Å². The first kappa shape index (κ1) is 46.1. The van der Waals surface area contributed by atoms with Gasteiger partial charge in [-0.25, -0.2) is 0 Å². The molecule has 4 nitrogen and oxygen atoms in total. The Kier molecular flexibility index (Phi) is 11.8. The van der Waals surface area contributed by atoms with Gasteiger partial charge in [0.2, 0.25) is 0 Å². The molecule has 0 radical (unpaired) electrons. The standard InChI is InChI=1S/C74H51N3O/c1-4-18-52(19-5-1)55-34-40-60(41-35-55)75(63-46-47-74-70(51-63)69-30-14-15-33-73(69)78-74)64-48-65(76(71-31-16-26-58-24-10-12-28-67(58)71)61-42-36-56(37-43-61)53-20-6-2-7-21-53)50-66(49-64)77(72-32-17-27-59-25-11-13-29-68(59)72)62-44-38-57(39-45-62)54-22-8-3-9-23-54/h1-51H. The molecule has 4 heteroatoms. The summed E-state index contributed by atoms with van der Waals surface area (Å²) >= 11 is 0. The van der Waals surface area contributed by atoms with Gasteiger partial charge in [-0.1, -0.05) is 218 Å². The Morgan fingerprint density at radius 2 is 0.526 bits per heavy atom. The normalized spacial score (nSPS) is 11.3. The first-order valence-corrected chi connectivity index (χ1v) is 26.6. The number of fused-ring (bicyclic) bond motifs is 5. The summed E-state index contributed by atoms with van der Waals surface area (Å²) in [6.45, 7) is 0. The van der Waals surface area contributed by atoms with E-state index in [9.17, 15) is 0 Å². The lowest BCUT2D eigenvalue weighted by Gasteiger charge is -2.33. The maximum absolute atomic E-state index is 6.47. The Morgan fingerprint density at radius 1 is 0.192 bits per heavy atom. The first-order valence-electron chi connectivity index (χ1n) is 26.6. The van der Waals surface area contributed by atoms with Crippen molar-refractivity contribution in [2.24, 2.45) is 0 Å². The summed E-state index contributed by atoms with van der Waals surface area (Å²) in [6, 6.07) is 112. The van der Waals surface area contributed by atoms with Crippen LogP contribution in [-0.4, -0.2) is 0 Å². The van der Waals surface area contributed by atoms with Crippen molar-refractivity contribution in [3.63, 3.8) is 0 Å². The van der Waals surface area contributed by atoms with E-state index in [0.717, 1.165) is 111 Å². The van der Waals surface area contributed by atoms with Gasteiger partial charge in [0.1, 0.15) is 11.2 Å². The summed E-state index contributed by atoms with van der Waals surface area (Å²) in [6.07, 6.45) is 0. The first-order chi connectivity index (χ1) is 38.7. The van der Waals surface area contributed by atoms with Gasteiger partial charge in [0.25, 0.3) is 0 Å². The minimum atomic E-state index is 0.843. The second kappa shape index (κ2) is 20.0. The van der Waals surface area contributed by atoms with E-state index in [2.05, 4.69) is 312 Å². The average molecular weight is 998 g/mol. The third-order valence-corrected chi connectivity index (χ3v) is 15.0. The van der Waals surface area contributed by atoms with Crippen LogP contribution in [0.5, 0.6) is 0 Å². The van der Waals surface area contributed by atoms with E-state index >= 15 is 0 Å². The average Bonchev–Trinajstić information content (AvgIpc) is 4.03. The summed E-state index contributed by atoms with van der Waals surface area (Å²) in [5.41, 5.74) is 17.8. The third kappa shape index (κ3) is 8.67. The minimum absolute atomic E-state index is 0.843. The lowest BCUT2D eigenvalue weighted by Crippen LogP contribution is -2.16. The van der Waals surface area contributed by atoms with E-state index in [-0.39, 0.29) is 0 Å². The molecular formula is C74H51N3O. The fourth-order valence-electron chi connectivity index (χ4n) is 11.2. The van der Waals surface area contributed by atoms with Crippen molar-refractivity contribution in [1.29, 1.82) is 0 Å². The zero-order chi connectivity index (χ0) is 51.8. The zero-order valence-electron chi connectivity index (χ0n) is 42.7. The van der Waals surface area contributed by atoms with Crippen LogP contribution in [0.4, 0.5) is 51.2 Å². The zero-order valence-corrected chi connectivity index (χ0v) is 42.7. The van der Waals surface area contributed by atoms with Gasteiger partial charge < -0.3 is 19.1 Å². The molecule has 78 heavy (non-hydrogen) atoms. The summed E-state index contributed by atoms with van der Waals surface area (Å²) < 4.78 is 6.47. The van der Waals surface area contributed by atoms with E-state index in [1.54, 1.807) is 0 Å². The molecule has 14 aromatic rings. The predicted molar refractivity (Wildman–Crippen MR) is 329 cm³/mol. The van der Waals surface area contributed by atoms with E-state index in [1.165, 1.54) is 16.7 Å². The Labute approximate surface area is 454 Å². The van der Waals surface area contributed by atoms with Crippen molar-refractivity contribution in [3.05, 3.63) is 309 Å². The highest BCUT2D eigenvalue weighted by Crippen LogP contribution is 2.49. The van der Waals surface area contributed by atoms with Crippen molar-refractivity contribution in [3.8, 4) is 33.4 Å². The number of nitrogens with zero attached hydrogens (tertiary/aromatic N) is 3. The molecule has 0 atom stereocenters. The number of benzene rings is 13. The quantitative estimate of drug-likeness (QED) is 0.122. The fourth-order valence-corrected chi connectivity index (χ4v) is 11.2. The van der Waals surface area contributed by atoms with Gasteiger partial charge >= 0.3 is 0 Å². The van der Waals surface area contributed by atoms with Gasteiger partial charge in [0.15, 0.2) is 0 Å². The van der Waals surface area contributed by atoms with Crippen molar-refractivity contribution >= 4 is 94.7 Å². The number of rotatable bonds is 12. The third-order valence-electron chi connectivity index (χ3n) is 15.0. The lowest BCUT2D eigenvalue weighted by atomic mass is 10.0. The molecule has 0 unspecified atom stereocenters. The van der Waals surface area contributed by atoms with Gasteiger partial charge in [-0.3, -0.25) is 0 Å². The summed E-state index contributed by atoms with van der Waals surface area (Å²) in [5.74, 6) is 0. The largest absolute Gasteiger partial charge is 0.456 e. The summed E-state index contributed by atoms with van der Waals surface area (Å²) in [7, 11) is 0. The monoisotopic (exact) mass is 997 g/mol. The molecule has 14 rings (SSSR count). The Balaban J connectivity index is 1.06. The van der Waals surface area contributed by atoms with E-state index < -0.39 is 0 Å². The molecule has 0 aliphatic carbocycles. The highest BCUT2D eigenvalue weighted by atomic mass is 16.3. The molecule has 1 aromatic heterocycles. The molecule has 368 valence electrons. The van der Waals surface area contributed by atoms with Crippen molar-refractivity contribution in [2.75, 3.05) is 14.7 Å². The lowest BCUT2D eigenvalue weighted by molar-refractivity contribution is 0.669. The van der Waals surface area contributed by atoms with Crippen LogP contribution in [-0.2, 0) is 0 Å². The molecular weight excluding hydrogens is 947 g/mol. The second-order valence-corrected chi connectivity index (χ2v) is 19.7. The molecule has 0 amide bonds. The number of hydrogen-bond acceptors (Lipinski definition) is 4. The Bertz CT molecular complexity index is 4230. The number of furan rings is 1. The van der Waals surface area contributed by atoms with Crippen molar-refractivity contribution in [1.82, 2.24) is 0 Å². The molecule has 0 aliphatic rings. The molecule has 0 aliphatic heterocycles. The second-order valence-electron chi connectivity index (χ2n) is 19.7. The Morgan fingerprint density at radius 3 is 0.987 bits per heavy atom. The molecule has 1 heterocycles. The van der Waals surface area contributed by atoms with E-state index in [0.29, 0.717) is 0 Å². The highest BCUT2D eigenvalue weighted by Gasteiger charge is 2.25. The maximum atomic E-state index is 6.47. The van der Waals surface area contributed by atoms with Gasteiger partial charge in [0, 0.05) is 44.3 Å². The Hall–Kier alpha value is -10.4. The van der Waals surface area contributed by atoms with E-state index in [1.807, 2.05) is 12.1 Å². The van der Waals surface area contributed by atoms with Crippen LogP contribution in [0.15, 0.2) is 314 Å². The van der Waals surface area contributed by atoms with Crippen LogP contribution >= 0.6 is 0 Å². The van der Waals surface area contributed by atoms with Crippen LogP contribution in [0.1, 0.15) is 0 Å². The molecule has 0 fully saturated rings. The molecule has 0 bridgehead atoms. The molecule has 0 saturated heterocycles. The summed E-state index contributed by atoms with van der Waals surface area (Å²) in [4.78, 5) is 7.28. The smallest absolute Gasteiger partial charge is 0.135 e. The van der Waals surface area contributed by atoms with Gasteiger partial charge in [0.05, 0.1) is 28.4 Å². The molecule has 13 aromatic carbocycles.